The van der Waals surface area contributed by atoms with Crippen LogP contribution in [-0.2, 0) is 4.79 Å². The molecule has 3 nitrogen and oxygen atoms in total. The molecule has 0 fully saturated rings. The maximum absolute atomic E-state index is 13.3. The summed E-state index contributed by atoms with van der Waals surface area (Å²) in [6.45, 7) is 5.54. The Hall–Kier alpha value is -1.72. The molecular formula is C13H17F3N2O. The number of benzene rings is 1. The minimum Gasteiger partial charge on any atom is -0.374 e. The highest BCUT2D eigenvalue weighted by molar-refractivity contribution is 5.81. The van der Waals surface area contributed by atoms with Gasteiger partial charge < -0.3 is 10.6 Å². The zero-order valence-electron chi connectivity index (χ0n) is 11.1. The van der Waals surface area contributed by atoms with Crippen molar-refractivity contribution < 1.29 is 18.0 Å². The molecule has 0 aromatic heterocycles. The molecule has 1 rings (SSSR count). The van der Waals surface area contributed by atoms with Crippen LogP contribution in [0.3, 0.4) is 0 Å². The minimum atomic E-state index is -1.26. The third kappa shape index (κ3) is 4.46. The fourth-order valence-electron chi connectivity index (χ4n) is 1.31. The van der Waals surface area contributed by atoms with E-state index >= 15 is 0 Å². The molecule has 0 radical (unpaired) electrons. The number of hydrogen-bond donors (Lipinski definition) is 2. The van der Waals surface area contributed by atoms with Crippen LogP contribution in [0.5, 0.6) is 0 Å². The van der Waals surface area contributed by atoms with Gasteiger partial charge in [-0.15, -0.1) is 0 Å². The predicted molar refractivity (Wildman–Crippen MR) is 67.2 cm³/mol. The molecule has 2 N–H and O–H groups in total. The molecule has 0 aliphatic rings. The van der Waals surface area contributed by atoms with Crippen molar-refractivity contribution in [1.29, 1.82) is 0 Å². The van der Waals surface area contributed by atoms with Gasteiger partial charge in [-0.05, 0) is 12.8 Å². The average molecular weight is 274 g/mol. The lowest BCUT2D eigenvalue weighted by Crippen LogP contribution is -2.39. The lowest BCUT2D eigenvalue weighted by Gasteiger charge is -2.17. The van der Waals surface area contributed by atoms with Gasteiger partial charge in [-0.3, -0.25) is 4.79 Å². The predicted octanol–water partition coefficient (Wildman–Crippen LogP) is 2.68. The minimum absolute atomic E-state index is 0.0240. The highest BCUT2D eigenvalue weighted by Crippen LogP contribution is 2.17. The summed E-state index contributed by atoms with van der Waals surface area (Å²) < 4.78 is 38.9. The van der Waals surface area contributed by atoms with Crippen molar-refractivity contribution in [2.75, 3.05) is 11.9 Å². The van der Waals surface area contributed by atoms with Crippen LogP contribution < -0.4 is 10.6 Å². The Morgan fingerprint density at radius 2 is 1.68 bits per heavy atom. The maximum Gasteiger partial charge on any atom is 0.239 e. The Kier molecular flexibility index (Phi) is 5.20. The molecule has 0 aliphatic carbocycles. The normalized spacial score (nSPS) is 12.4. The molecule has 0 saturated heterocycles. The van der Waals surface area contributed by atoms with Gasteiger partial charge in [0.25, 0.3) is 0 Å². The van der Waals surface area contributed by atoms with Gasteiger partial charge in [0.05, 0.1) is 12.2 Å². The molecule has 1 amide bonds. The highest BCUT2D eigenvalue weighted by Gasteiger charge is 2.13. The number of anilines is 1. The molecule has 0 saturated carbocycles. The van der Waals surface area contributed by atoms with E-state index in [-0.39, 0.29) is 30.1 Å². The lowest BCUT2D eigenvalue weighted by molar-refractivity contribution is -0.120. The molecule has 6 heteroatoms. The fraction of sp³-hybridized carbons (Fsp3) is 0.462. The summed E-state index contributed by atoms with van der Waals surface area (Å²) in [6.07, 6.45) is 0. The molecule has 1 aromatic rings. The first kappa shape index (κ1) is 15.3. The second kappa shape index (κ2) is 6.45. The smallest absolute Gasteiger partial charge is 0.239 e. The molecule has 19 heavy (non-hydrogen) atoms. The van der Waals surface area contributed by atoms with E-state index in [1.54, 1.807) is 0 Å². The third-order valence-electron chi connectivity index (χ3n) is 2.84. The van der Waals surface area contributed by atoms with Gasteiger partial charge in [0.1, 0.15) is 5.82 Å². The van der Waals surface area contributed by atoms with Crippen LogP contribution in [0.2, 0.25) is 0 Å². The van der Waals surface area contributed by atoms with Crippen LogP contribution in [0, 0.1) is 23.4 Å². The SMILES string of the molecule is CC(C)C(C)NC(=O)CNc1cc(F)c(F)cc1F. The number of hydrogen-bond acceptors (Lipinski definition) is 2. The van der Waals surface area contributed by atoms with Crippen molar-refractivity contribution in [3.63, 3.8) is 0 Å². The number of carbonyl (C=O) groups excluding carboxylic acids is 1. The molecule has 0 aliphatic heterocycles. The standard InChI is InChI=1S/C13H17F3N2O/c1-7(2)8(3)18-13(19)6-17-12-5-10(15)9(14)4-11(12)16/h4-5,7-8,17H,6H2,1-3H3,(H,18,19). The Morgan fingerprint density at radius 1 is 1.11 bits per heavy atom. The van der Waals surface area contributed by atoms with Crippen molar-refractivity contribution in [1.82, 2.24) is 5.32 Å². The van der Waals surface area contributed by atoms with Crippen molar-refractivity contribution in [2.24, 2.45) is 5.92 Å². The van der Waals surface area contributed by atoms with Gasteiger partial charge in [-0.1, -0.05) is 13.8 Å². The van der Waals surface area contributed by atoms with Crippen LogP contribution in [0.4, 0.5) is 18.9 Å². The zero-order valence-corrected chi connectivity index (χ0v) is 11.1. The summed E-state index contributed by atoms with van der Waals surface area (Å²) in [6, 6.07) is 1.10. The molecule has 106 valence electrons. The van der Waals surface area contributed by atoms with Gasteiger partial charge in [0.15, 0.2) is 11.6 Å². The Balaban J connectivity index is 2.58. The van der Waals surface area contributed by atoms with E-state index in [1.807, 2.05) is 20.8 Å². The van der Waals surface area contributed by atoms with Crippen LogP contribution in [0.25, 0.3) is 0 Å². The number of carbonyl (C=O) groups is 1. The molecule has 0 heterocycles. The van der Waals surface area contributed by atoms with Crippen molar-refractivity contribution in [3.8, 4) is 0 Å². The number of amides is 1. The summed E-state index contributed by atoms with van der Waals surface area (Å²) in [7, 11) is 0. The van der Waals surface area contributed by atoms with Crippen LogP contribution in [-0.4, -0.2) is 18.5 Å². The van der Waals surface area contributed by atoms with Gasteiger partial charge in [0.2, 0.25) is 5.91 Å². The van der Waals surface area contributed by atoms with Crippen LogP contribution >= 0.6 is 0 Å². The van der Waals surface area contributed by atoms with E-state index in [1.165, 1.54) is 0 Å². The summed E-state index contributed by atoms with van der Waals surface area (Å²) >= 11 is 0. The fourth-order valence-corrected chi connectivity index (χ4v) is 1.31. The molecule has 0 spiro atoms. The van der Waals surface area contributed by atoms with E-state index in [2.05, 4.69) is 10.6 Å². The van der Waals surface area contributed by atoms with Gasteiger partial charge in [-0.25, -0.2) is 13.2 Å². The van der Waals surface area contributed by atoms with Gasteiger partial charge in [0, 0.05) is 18.2 Å². The summed E-state index contributed by atoms with van der Waals surface area (Å²) in [5, 5.41) is 5.13. The number of halogens is 3. The second-order valence-corrected chi connectivity index (χ2v) is 4.70. The molecule has 1 atom stereocenters. The zero-order chi connectivity index (χ0) is 14.6. The van der Waals surface area contributed by atoms with E-state index in [0.29, 0.717) is 12.1 Å². The first-order chi connectivity index (χ1) is 8.81. The Labute approximate surface area is 110 Å². The van der Waals surface area contributed by atoms with E-state index in [4.69, 9.17) is 0 Å². The molecule has 0 bridgehead atoms. The molecular weight excluding hydrogens is 257 g/mol. The maximum atomic E-state index is 13.3. The number of nitrogens with one attached hydrogen (secondary N) is 2. The first-order valence-corrected chi connectivity index (χ1v) is 5.99. The van der Waals surface area contributed by atoms with E-state index < -0.39 is 17.5 Å². The van der Waals surface area contributed by atoms with E-state index in [9.17, 15) is 18.0 Å². The summed E-state index contributed by atoms with van der Waals surface area (Å²) in [5.74, 6) is -3.45. The van der Waals surface area contributed by atoms with E-state index in [0.717, 1.165) is 0 Å². The average Bonchev–Trinajstić information content (AvgIpc) is 2.32. The lowest BCUT2D eigenvalue weighted by atomic mass is 10.1. The highest BCUT2D eigenvalue weighted by atomic mass is 19.2. The first-order valence-electron chi connectivity index (χ1n) is 5.99. The summed E-state index contributed by atoms with van der Waals surface area (Å²) in [5.41, 5.74) is -0.244. The third-order valence-corrected chi connectivity index (χ3v) is 2.84. The Bertz CT molecular complexity index is 463. The topological polar surface area (TPSA) is 41.1 Å². The Morgan fingerprint density at radius 3 is 2.26 bits per heavy atom. The van der Waals surface area contributed by atoms with Crippen molar-refractivity contribution >= 4 is 11.6 Å². The van der Waals surface area contributed by atoms with Gasteiger partial charge >= 0.3 is 0 Å². The molecule has 1 aromatic carbocycles. The van der Waals surface area contributed by atoms with Crippen molar-refractivity contribution in [2.45, 2.75) is 26.8 Å². The quantitative estimate of drug-likeness (QED) is 0.810. The van der Waals surface area contributed by atoms with Crippen LogP contribution in [0.15, 0.2) is 12.1 Å². The van der Waals surface area contributed by atoms with Crippen molar-refractivity contribution in [3.05, 3.63) is 29.6 Å². The molecule has 1 unspecified atom stereocenters. The monoisotopic (exact) mass is 274 g/mol. The largest absolute Gasteiger partial charge is 0.374 e. The second-order valence-electron chi connectivity index (χ2n) is 4.70. The summed E-state index contributed by atoms with van der Waals surface area (Å²) in [4.78, 5) is 11.5. The van der Waals surface area contributed by atoms with Crippen LogP contribution in [0.1, 0.15) is 20.8 Å². The number of rotatable bonds is 5. The van der Waals surface area contributed by atoms with Gasteiger partial charge in [-0.2, -0.15) is 0 Å².